The van der Waals surface area contributed by atoms with Crippen LogP contribution in [0.2, 0.25) is 0 Å². The van der Waals surface area contributed by atoms with E-state index in [1.165, 1.54) is 0 Å². The van der Waals surface area contributed by atoms with Crippen LogP contribution in [0.4, 0.5) is 0 Å². The topological polar surface area (TPSA) is 39.4 Å². The Hall–Kier alpha value is -2.55. The van der Waals surface area contributed by atoms with Gasteiger partial charge in [-0.2, -0.15) is 0 Å². The molecule has 0 bridgehead atoms. The average Bonchev–Trinajstić information content (AvgIpc) is 2.84. The highest BCUT2D eigenvalue weighted by atomic mass is 16.5. The number of para-hydroxylation sites is 2. The van der Waals surface area contributed by atoms with Crippen LogP contribution in [0, 0.1) is 0 Å². The monoisotopic (exact) mass is 266 g/mol. The molecule has 3 heteroatoms. The summed E-state index contributed by atoms with van der Waals surface area (Å²) in [5.74, 6) is 1.48. The second-order valence-corrected chi connectivity index (χ2v) is 4.47. The Balaban J connectivity index is 1.92. The van der Waals surface area contributed by atoms with Gasteiger partial charge in [0.25, 0.3) is 0 Å². The van der Waals surface area contributed by atoms with Crippen LogP contribution in [0.25, 0.3) is 11.0 Å². The maximum absolute atomic E-state index is 10.8. The van der Waals surface area contributed by atoms with E-state index in [1.54, 1.807) is 0 Å². The van der Waals surface area contributed by atoms with Gasteiger partial charge in [-0.05, 0) is 18.2 Å². The molecule has 0 aliphatic carbocycles. The van der Waals surface area contributed by atoms with Crippen molar-refractivity contribution in [2.75, 3.05) is 0 Å². The largest absolute Gasteiger partial charge is 0.489 e. The zero-order valence-corrected chi connectivity index (χ0v) is 10.9. The summed E-state index contributed by atoms with van der Waals surface area (Å²) in [6.07, 6.45) is 1.12. The number of hydrogen-bond acceptors (Lipinski definition) is 3. The lowest BCUT2D eigenvalue weighted by molar-refractivity contribution is -0.107. The fraction of sp³-hybridized carbons (Fsp3) is 0.118. The molecule has 0 saturated heterocycles. The summed E-state index contributed by atoms with van der Waals surface area (Å²) < 4.78 is 11.5. The third-order valence-electron chi connectivity index (χ3n) is 3.18. The number of carbonyl (C=O) groups is 1. The van der Waals surface area contributed by atoms with Crippen molar-refractivity contribution in [1.82, 2.24) is 0 Å². The van der Waals surface area contributed by atoms with Crippen molar-refractivity contribution in [3.63, 3.8) is 0 Å². The molecule has 100 valence electrons. The van der Waals surface area contributed by atoms with Crippen LogP contribution in [-0.4, -0.2) is 6.29 Å². The minimum Gasteiger partial charge on any atom is -0.489 e. The summed E-state index contributed by atoms with van der Waals surface area (Å²) in [6.45, 7) is 0.393. The third kappa shape index (κ3) is 2.43. The molecule has 1 heterocycles. The van der Waals surface area contributed by atoms with Crippen molar-refractivity contribution in [3.05, 3.63) is 65.9 Å². The Bertz CT molecular complexity index is 713. The number of benzene rings is 2. The van der Waals surface area contributed by atoms with Gasteiger partial charge < -0.3 is 13.9 Å². The van der Waals surface area contributed by atoms with Crippen molar-refractivity contribution in [3.8, 4) is 5.75 Å². The summed E-state index contributed by atoms with van der Waals surface area (Å²) in [5, 5.41) is 1.00. The summed E-state index contributed by atoms with van der Waals surface area (Å²) in [4.78, 5) is 10.8. The Morgan fingerprint density at radius 1 is 1.00 bits per heavy atom. The van der Waals surface area contributed by atoms with Gasteiger partial charge in [-0.15, -0.1) is 0 Å². The molecule has 0 atom stereocenters. The normalized spacial score (nSPS) is 10.6. The summed E-state index contributed by atoms with van der Waals surface area (Å²) in [7, 11) is 0. The highest BCUT2D eigenvalue weighted by Gasteiger charge is 2.13. The molecule has 0 aliphatic rings. The molecule has 0 saturated carbocycles. The van der Waals surface area contributed by atoms with Crippen molar-refractivity contribution in [2.45, 2.75) is 13.0 Å². The molecule has 3 nitrogen and oxygen atoms in total. The Morgan fingerprint density at radius 3 is 2.55 bits per heavy atom. The zero-order chi connectivity index (χ0) is 13.8. The number of furan rings is 1. The number of carbonyl (C=O) groups excluding carboxylic acids is 1. The number of rotatable bonds is 5. The quantitative estimate of drug-likeness (QED) is 0.660. The van der Waals surface area contributed by atoms with Crippen LogP contribution in [0.15, 0.2) is 59.0 Å². The van der Waals surface area contributed by atoms with E-state index in [9.17, 15) is 4.79 Å². The van der Waals surface area contributed by atoms with Crippen LogP contribution in [-0.2, 0) is 17.8 Å². The fourth-order valence-electron chi connectivity index (χ4n) is 2.22. The summed E-state index contributed by atoms with van der Waals surface area (Å²) in [6, 6.07) is 17.4. The maximum Gasteiger partial charge on any atom is 0.134 e. The SMILES string of the molecule is O=CCc1oc2ccccc2c1COc1ccccc1. The molecule has 0 amide bonds. The molecule has 0 fully saturated rings. The van der Waals surface area contributed by atoms with Gasteiger partial charge in [0.15, 0.2) is 0 Å². The van der Waals surface area contributed by atoms with Crippen molar-refractivity contribution in [2.24, 2.45) is 0 Å². The van der Waals surface area contributed by atoms with Gasteiger partial charge in [-0.3, -0.25) is 0 Å². The summed E-state index contributed by atoms with van der Waals surface area (Å²) >= 11 is 0. The molecule has 3 rings (SSSR count). The minimum atomic E-state index is 0.266. The first-order valence-corrected chi connectivity index (χ1v) is 6.49. The van der Waals surface area contributed by atoms with Gasteiger partial charge in [-0.25, -0.2) is 0 Å². The number of fused-ring (bicyclic) bond motifs is 1. The molecule has 1 aromatic heterocycles. The van der Waals surface area contributed by atoms with Crippen molar-refractivity contribution < 1.29 is 13.9 Å². The number of hydrogen-bond donors (Lipinski definition) is 0. The van der Waals surface area contributed by atoms with Crippen LogP contribution in [0.5, 0.6) is 5.75 Å². The van der Waals surface area contributed by atoms with Crippen LogP contribution in [0.3, 0.4) is 0 Å². The van der Waals surface area contributed by atoms with Gasteiger partial charge >= 0.3 is 0 Å². The number of aldehydes is 1. The lowest BCUT2D eigenvalue weighted by atomic mass is 10.1. The van der Waals surface area contributed by atoms with E-state index >= 15 is 0 Å². The van der Waals surface area contributed by atoms with Gasteiger partial charge in [0.05, 0.1) is 6.42 Å². The average molecular weight is 266 g/mol. The van der Waals surface area contributed by atoms with E-state index in [1.807, 2.05) is 54.6 Å². The lowest BCUT2D eigenvalue weighted by Crippen LogP contribution is -1.98. The molecular weight excluding hydrogens is 252 g/mol. The van der Waals surface area contributed by atoms with Gasteiger partial charge in [0.2, 0.25) is 0 Å². The van der Waals surface area contributed by atoms with Crippen molar-refractivity contribution in [1.29, 1.82) is 0 Å². The second-order valence-electron chi connectivity index (χ2n) is 4.47. The molecule has 2 aromatic carbocycles. The number of ether oxygens (including phenoxy) is 1. The molecule has 0 radical (unpaired) electrons. The first-order valence-electron chi connectivity index (χ1n) is 6.49. The second kappa shape index (κ2) is 5.61. The molecule has 20 heavy (non-hydrogen) atoms. The van der Waals surface area contributed by atoms with Crippen LogP contribution >= 0.6 is 0 Å². The first kappa shape index (κ1) is 12.5. The standard InChI is InChI=1S/C17H14O3/c18-11-10-17-15(12-19-13-6-2-1-3-7-13)14-8-4-5-9-16(14)20-17/h1-9,11H,10,12H2. The fourth-order valence-corrected chi connectivity index (χ4v) is 2.22. The molecule has 3 aromatic rings. The van der Waals surface area contributed by atoms with Crippen molar-refractivity contribution >= 4 is 17.3 Å². The van der Waals surface area contributed by atoms with E-state index < -0.39 is 0 Å². The Kier molecular flexibility index (Phi) is 3.50. The van der Waals surface area contributed by atoms with Gasteiger partial charge in [-0.1, -0.05) is 36.4 Å². The highest BCUT2D eigenvalue weighted by molar-refractivity contribution is 5.82. The van der Waals surface area contributed by atoms with Crippen LogP contribution in [0.1, 0.15) is 11.3 Å². The molecule has 0 spiro atoms. The highest BCUT2D eigenvalue weighted by Crippen LogP contribution is 2.27. The van der Waals surface area contributed by atoms with Gasteiger partial charge in [0.1, 0.15) is 30.0 Å². The molecular formula is C17H14O3. The third-order valence-corrected chi connectivity index (χ3v) is 3.18. The van der Waals surface area contributed by atoms with Crippen LogP contribution < -0.4 is 4.74 Å². The van der Waals surface area contributed by atoms with E-state index in [0.29, 0.717) is 12.4 Å². The maximum atomic E-state index is 10.8. The molecule has 0 unspecified atom stereocenters. The van der Waals surface area contributed by atoms with Gasteiger partial charge in [0, 0.05) is 10.9 Å². The van der Waals surface area contributed by atoms with E-state index in [2.05, 4.69) is 0 Å². The predicted molar refractivity (Wildman–Crippen MR) is 76.8 cm³/mol. The molecule has 0 aliphatic heterocycles. The van der Waals surface area contributed by atoms with E-state index in [4.69, 9.17) is 9.15 Å². The minimum absolute atomic E-state index is 0.266. The lowest BCUT2D eigenvalue weighted by Gasteiger charge is -2.05. The predicted octanol–water partition coefficient (Wildman–Crippen LogP) is 3.75. The smallest absolute Gasteiger partial charge is 0.134 e. The Morgan fingerprint density at radius 2 is 1.75 bits per heavy atom. The Labute approximate surface area is 116 Å². The zero-order valence-electron chi connectivity index (χ0n) is 10.9. The van der Waals surface area contributed by atoms with E-state index in [0.717, 1.165) is 28.6 Å². The summed E-state index contributed by atoms with van der Waals surface area (Å²) in [5.41, 5.74) is 1.73. The van der Waals surface area contributed by atoms with E-state index in [-0.39, 0.29) is 6.42 Å². The first-order chi connectivity index (χ1) is 9.88. The molecule has 0 N–H and O–H groups in total.